The molecular weight excluding hydrogens is 322 g/mol. The SMILES string of the molecule is O=C(CCn1nc2ccccn2c1=O)N1CCCC(n2cncn2)C1. The molecule has 3 aromatic heterocycles. The monoisotopic (exact) mass is 341 g/mol. The number of hydrogen-bond donors (Lipinski definition) is 0. The fourth-order valence-corrected chi connectivity index (χ4v) is 3.28. The van der Waals surface area contributed by atoms with Crippen molar-refractivity contribution in [2.45, 2.75) is 31.8 Å². The molecule has 0 radical (unpaired) electrons. The van der Waals surface area contributed by atoms with Gasteiger partial charge in [-0.25, -0.2) is 19.1 Å². The summed E-state index contributed by atoms with van der Waals surface area (Å²) >= 11 is 0. The summed E-state index contributed by atoms with van der Waals surface area (Å²) in [5.41, 5.74) is 0.367. The number of carbonyl (C=O) groups excluding carboxylic acids is 1. The first-order valence-corrected chi connectivity index (χ1v) is 8.38. The second kappa shape index (κ2) is 6.50. The molecule has 1 amide bonds. The smallest absolute Gasteiger partial charge is 0.340 e. The van der Waals surface area contributed by atoms with Gasteiger partial charge in [0.15, 0.2) is 5.65 Å². The molecule has 0 aromatic carbocycles. The summed E-state index contributed by atoms with van der Waals surface area (Å²) in [6, 6.07) is 5.55. The molecule has 1 aliphatic heterocycles. The zero-order valence-corrected chi connectivity index (χ0v) is 13.7. The van der Waals surface area contributed by atoms with E-state index in [-0.39, 0.29) is 30.6 Å². The summed E-state index contributed by atoms with van der Waals surface area (Å²) in [7, 11) is 0. The van der Waals surface area contributed by atoms with E-state index >= 15 is 0 Å². The number of piperidine rings is 1. The molecule has 3 aromatic rings. The Kier molecular flexibility index (Phi) is 4.04. The lowest BCUT2D eigenvalue weighted by Gasteiger charge is -2.32. The number of carbonyl (C=O) groups is 1. The van der Waals surface area contributed by atoms with Crippen molar-refractivity contribution in [2.75, 3.05) is 13.1 Å². The van der Waals surface area contributed by atoms with Crippen molar-refractivity contribution in [1.29, 1.82) is 0 Å². The molecule has 0 spiro atoms. The minimum Gasteiger partial charge on any atom is -0.340 e. The number of pyridine rings is 1. The van der Waals surface area contributed by atoms with Gasteiger partial charge in [-0.3, -0.25) is 9.20 Å². The van der Waals surface area contributed by atoms with Crippen LogP contribution in [0, 0.1) is 0 Å². The Bertz CT molecular complexity index is 928. The van der Waals surface area contributed by atoms with E-state index in [0.29, 0.717) is 12.2 Å². The fraction of sp³-hybridized carbons (Fsp3) is 0.438. The molecule has 0 saturated carbocycles. The van der Waals surface area contributed by atoms with E-state index in [1.54, 1.807) is 24.7 Å². The molecule has 0 N–H and O–H groups in total. The third-order valence-corrected chi connectivity index (χ3v) is 4.59. The normalized spacial score (nSPS) is 17.9. The summed E-state index contributed by atoms with van der Waals surface area (Å²) in [6.07, 6.45) is 7.05. The van der Waals surface area contributed by atoms with Gasteiger partial charge in [-0.15, -0.1) is 5.10 Å². The standard InChI is InChI=1S/C16H19N7O2/c24-15(20-7-3-4-13(10-20)23-12-17-11-18-23)6-9-22-16(25)21-8-2-1-5-14(21)19-22/h1-2,5,8,11-13H,3-4,6-7,9-10H2. The molecule has 4 heterocycles. The predicted octanol–water partition coefficient (Wildman–Crippen LogP) is 0.341. The van der Waals surface area contributed by atoms with Gasteiger partial charge in [0.05, 0.1) is 12.6 Å². The zero-order valence-electron chi connectivity index (χ0n) is 13.7. The molecule has 130 valence electrons. The Hall–Kier alpha value is -2.97. The Morgan fingerprint density at radius 3 is 3.04 bits per heavy atom. The highest BCUT2D eigenvalue weighted by Gasteiger charge is 2.25. The van der Waals surface area contributed by atoms with Crippen LogP contribution in [0.4, 0.5) is 0 Å². The van der Waals surface area contributed by atoms with Crippen LogP contribution in [0.25, 0.3) is 5.65 Å². The zero-order chi connectivity index (χ0) is 17.2. The molecule has 4 rings (SSSR count). The van der Waals surface area contributed by atoms with Crippen LogP contribution in [0.5, 0.6) is 0 Å². The largest absolute Gasteiger partial charge is 0.350 e. The summed E-state index contributed by atoms with van der Waals surface area (Å²) < 4.78 is 4.64. The minimum atomic E-state index is -0.220. The van der Waals surface area contributed by atoms with Crippen molar-refractivity contribution in [1.82, 2.24) is 33.8 Å². The van der Waals surface area contributed by atoms with Gasteiger partial charge < -0.3 is 4.90 Å². The first kappa shape index (κ1) is 15.6. The molecule has 9 nitrogen and oxygen atoms in total. The molecule has 1 saturated heterocycles. The van der Waals surface area contributed by atoms with Gasteiger partial charge in [0, 0.05) is 25.7 Å². The lowest BCUT2D eigenvalue weighted by atomic mass is 10.1. The molecule has 9 heteroatoms. The van der Waals surface area contributed by atoms with E-state index < -0.39 is 0 Å². The van der Waals surface area contributed by atoms with E-state index in [0.717, 1.165) is 19.4 Å². The number of aryl methyl sites for hydroxylation is 1. The maximum absolute atomic E-state index is 12.5. The van der Waals surface area contributed by atoms with E-state index in [1.165, 1.54) is 15.4 Å². The quantitative estimate of drug-likeness (QED) is 0.683. The molecule has 1 fully saturated rings. The Balaban J connectivity index is 1.41. The number of amides is 1. The molecule has 0 aliphatic carbocycles. The third kappa shape index (κ3) is 3.04. The van der Waals surface area contributed by atoms with Crippen molar-refractivity contribution >= 4 is 11.6 Å². The summed E-state index contributed by atoms with van der Waals surface area (Å²) in [5.74, 6) is 0.0359. The Morgan fingerprint density at radius 1 is 1.32 bits per heavy atom. The first-order valence-electron chi connectivity index (χ1n) is 8.38. The number of aromatic nitrogens is 6. The van der Waals surface area contributed by atoms with E-state index in [9.17, 15) is 9.59 Å². The number of rotatable bonds is 4. The van der Waals surface area contributed by atoms with E-state index in [4.69, 9.17) is 0 Å². The maximum atomic E-state index is 12.5. The Morgan fingerprint density at radius 2 is 2.24 bits per heavy atom. The highest BCUT2D eigenvalue weighted by atomic mass is 16.2. The van der Waals surface area contributed by atoms with Gasteiger partial charge in [-0.05, 0) is 25.0 Å². The average molecular weight is 341 g/mol. The molecule has 1 aliphatic rings. The number of fused-ring (bicyclic) bond motifs is 1. The Labute approximate surface area is 143 Å². The highest BCUT2D eigenvalue weighted by Crippen LogP contribution is 2.20. The van der Waals surface area contributed by atoms with Gasteiger partial charge in [-0.1, -0.05) is 6.07 Å². The van der Waals surface area contributed by atoms with Crippen molar-refractivity contribution in [3.05, 3.63) is 47.5 Å². The predicted molar refractivity (Wildman–Crippen MR) is 88.9 cm³/mol. The third-order valence-electron chi connectivity index (χ3n) is 4.59. The maximum Gasteiger partial charge on any atom is 0.350 e. The van der Waals surface area contributed by atoms with Gasteiger partial charge in [-0.2, -0.15) is 5.10 Å². The van der Waals surface area contributed by atoms with E-state index in [1.807, 2.05) is 15.6 Å². The number of hydrogen-bond acceptors (Lipinski definition) is 5. The van der Waals surface area contributed by atoms with Crippen LogP contribution < -0.4 is 5.69 Å². The van der Waals surface area contributed by atoms with Gasteiger partial charge in [0.2, 0.25) is 5.91 Å². The van der Waals surface area contributed by atoms with Crippen LogP contribution >= 0.6 is 0 Å². The minimum absolute atomic E-state index is 0.0359. The van der Waals surface area contributed by atoms with Crippen molar-refractivity contribution in [2.24, 2.45) is 0 Å². The van der Waals surface area contributed by atoms with Crippen molar-refractivity contribution in [3.63, 3.8) is 0 Å². The van der Waals surface area contributed by atoms with Crippen LogP contribution in [-0.2, 0) is 11.3 Å². The molecule has 0 bridgehead atoms. The van der Waals surface area contributed by atoms with Crippen LogP contribution in [-0.4, -0.2) is 52.8 Å². The number of nitrogens with zero attached hydrogens (tertiary/aromatic N) is 7. The molecule has 1 atom stereocenters. The molecule has 1 unspecified atom stereocenters. The highest BCUT2D eigenvalue weighted by molar-refractivity contribution is 5.76. The van der Waals surface area contributed by atoms with Crippen LogP contribution in [0.2, 0.25) is 0 Å². The van der Waals surface area contributed by atoms with Gasteiger partial charge in [0.25, 0.3) is 0 Å². The summed E-state index contributed by atoms with van der Waals surface area (Å²) in [6.45, 7) is 1.65. The summed E-state index contributed by atoms with van der Waals surface area (Å²) in [4.78, 5) is 30.6. The van der Waals surface area contributed by atoms with Crippen molar-refractivity contribution < 1.29 is 4.79 Å². The second-order valence-electron chi connectivity index (χ2n) is 6.20. The molecule has 25 heavy (non-hydrogen) atoms. The van der Waals surface area contributed by atoms with E-state index in [2.05, 4.69) is 15.2 Å². The van der Waals surface area contributed by atoms with Crippen LogP contribution in [0.1, 0.15) is 25.3 Å². The van der Waals surface area contributed by atoms with Crippen LogP contribution in [0.3, 0.4) is 0 Å². The summed E-state index contributed by atoms with van der Waals surface area (Å²) in [5, 5.41) is 8.43. The lowest BCUT2D eigenvalue weighted by Crippen LogP contribution is -2.41. The second-order valence-corrected chi connectivity index (χ2v) is 6.20. The first-order chi connectivity index (χ1) is 12.2. The number of likely N-dealkylation sites (tertiary alicyclic amines) is 1. The fourth-order valence-electron chi connectivity index (χ4n) is 3.28. The lowest BCUT2D eigenvalue weighted by molar-refractivity contribution is -0.133. The van der Waals surface area contributed by atoms with Gasteiger partial charge in [0.1, 0.15) is 12.7 Å². The van der Waals surface area contributed by atoms with Crippen LogP contribution in [0.15, 0.2) is 41.8 Å². The topological polar surface area (TPSA) is 90.3 Å². The molecular formula is C16H19N7O2. The average Bonchev–Trinajstić information content (AvgIpc) is 3.29. The van der Waals surface area contributed by atoms with Crippen molar-refractivity contribution in [3.8, 4) is 0 Å². The van der Waals surface area contributed by atoms with Gasteiger partial charge >= 0.3 is 5.69 Å².